The Hall–Kier alpha value is -1.84. The lowest BCUT2D eigenvalue weighted by Gasteiger charge is -1.95. The molecule has 66 valence electrons. The number of halogens is 1. The first-order chi connectivity index (χ1) is 6.25. The highest BCUT2D eigenvalue weighted by Gasteiger charge is 2.01. The number of benzene rings is 1. The Morgan fingerprint density at radius 1 is 1.31 bits per heavy atom. The second-order valence-electron chi connectivity index (χ2n) is 2.69. The molecule has 13 heavy (non-hydrogen) atoms. The Labute approximate surface area is 74.6 Å². The zero-order valence-electron chi connectivity index (χ0n) is 6.81. The fraction of sp³-hybridized carbons (Fsp3) is 0. The molecule has 1 aromatic carbocycles. The van der Waals surface area contributed by atoms with Gasteiger partial charge in [-0.25, -0.2) is 4.39 Å². The maximum atomic E-state index is 12.8. The molecular formula is C9H8FN3. The highest BCUT2D eigenvalue weighted by Crippen LogP contribution is 2.16. The van der Waals surface area contributed by atoms with Crippen molar-refractivity contribution in [3.05, 3.63) is 42.3 Å². The fourth-order valence-electron chi connectivity index (χ4n) is 1.14. The summed E-state index contributed by atoms with van der Waals surface area (Å²) in [6, 6.07) is 7.96. The van der Waals surface area contributed by atoms with E-state index >= 15 is 0 Å². The van der Waals surface area contributed by atoms with Gasteiger partial charge in [-0.3, -0.25) is 0 Å². The molecular weight excluding hydrogens is 169 g/mol. The summed E-state index contributed by atoms with van der Waals surface area (Å²) in [6.45, 7) is 0. The molecule has 0 aliphatic heterocycles. The molecule has 0 amide bonds. The van der Waals surface area contributed by atoms with Crippen LogP contribution < -0.4 is 5.84 Å². The standard InChI is InChI=1S/C9H8FN3/c10-8-3-1-2-7(6-8)9-4-5-13(11)12-9/h1-6H,11H2. The molecule has 3 nitrogen and oxygen atoms in total. The number of rotatable bonds is 1. The molecule has 0 aliphatic rings. The molecule has 0 saturated carbocycles. The third kappa shape index (κ3) is 1.51. The average Bonchev–Trinajstić information content (AvgIpc) is 2.52. The number of hydrogen-bond acceptors (Lipinski definition) is 2. The van der Waals surface area contributed by atoms with Crippen molar-refractivity contribution in [3.63, 3.8) is 0 Å². The predicted molar refractivity (Wildman–Crippen MR) is 47.8 cm³/mol. The molecule has 0 spiro atoms. The average molecular weight is 177 g/mol. The van der Waals surface area contributed by atoms with Gasteiger partial charge in [0.25, 0.3) is 0 Å². The van der Waals surface area contributed by atoms with E-state index in [9.17, 15) is 4.39 Å². The molecule has 2 rings (SSSR count). The van der Waals surface area contributed by atoms with Gasteiger partial charge in [0.05, 0.1) is 5.69 Å². The van der Waals surface area contributed by atoms with Gasteiger partial charge in [0, 0.05) is 11.8 Å². The maximum absolute atomic E-state index is 12.8. The van der Waals surface area contributed by atoms with Crippen LogP contribution in [-0.4, -0.2) is 9.89 Å². The first-order valence-corrected chi connectivity index (χ1v) is 3.82. The SMILES string of the molecule is Nn1ccc(-c2cccc(F)c2)n1. The van der Waals surface area contributed by atoms with Gasteiger partial charge >= 0.3 is 0 Å². The summed E-state index contributed by atoms with van der Waals surface area (Å²) in [5.41, 5.74) is 1.39. The summed E-state index contributed by atoms with van der Waals surface area (Å²) < 4.78 is 12.8. The lowest BCUT2D eigenvalue weighted by Crippen LogP contribution is -2.07. The van der Waals surface area contributed by atoms with Gasteiger partial charge in [-0.05, 0) is 18.2 Å². The third-order valence-corrected chi connectivity index (χ3v) is 1.73. The van der Waals surface area contributed by atoms with Gasteiger partial charge in [-0.2, -0.15) is 9.89 Å². The monoisotopic (exact) mass is 177 g/mol. The molecule has 0 atom stereocenters. The fourth-order valence-corrected chi connectivity index (χ4v) is 1.14. The van der Waals surface area contributed by atoms with Crippen LogP contribution in [0.15, 0.2) is 36.5 Å². The largest absolute Gasteiger partial charge is 0.323 e. The van der Waals surface area contributed by atoms with Crippen LogP contribution in [0.4, 0.5) is 4.39 Å². The van der Waals surface area contributed by atoms with E-state index in [1.807, 2.05) is 0 Å². The van der Waals surface area contributed by atoms with Crippen molar-refractivity contribution in [2.45, 2.75) is 0 Å². The van der Waals surface area contributed by atoms with E-state index in [4.69, 9.17) is 5.84 Å². The summed E-state index contributed by atoms with van der Waals surface area (Å²) in [4.78, 5) is 1.19. The Balaban J connectivity index is 2.46. The molecule has 0 saturated heterocycles. The topological polar surface area (TPSA) is 43.8 Å². The van der Waals surface area contributed by atoms with Crippen LogP contribution in [0.2, 0.25) is 0 Å². The van der Waals surface area contributed by atoms with Crippen molar-refractivity contribution in [2.75, 3.05) is 5.84 Å². The Morgan fingerprint density at radius 2 is 2.15 bits per heavy atom. The Bertz CT molecular complexity index is 422. The minimum Gasteiger partial charge on any atom is -0.323 e. The van der Waals surface area contributed by atoms with E-state index in [2.05, 4.69) is 5.10 Å². The van der Waals surface area contributed by atoms with Crippen LogP contribution >= 0.6 is 0 Å². The molecule has 2 aromatic rings. The molecule has 2 N–H and O–H groups in total. The van der Waals surface area contributed by atoms with E-state index < -0.39 is 0 Å². The van der Waals surface area contributed by atoms with Gasteiger partial charge in [0.1, 0.15) is 5.82 Å². The lowest BCUT2D eigenvalue weighted by atomic mass is 10.1. The number of nitrogens with two attached hydrogens (primary N) is 1. The second-order valence-corrected chi connectivity index (χ2v) is 2.69. The van der Waals surface area contributed by atoms with E-state index in [1.54, 1.807) is 24.4 Å². The van der Waals surface area contributed by atoms with Crippen molar-refractivity contribution in [3.8, 4) is 11.3 Å². The zero-order chi connectivity index (χ0) is 9.26. The number of nitrogen functional groups attached to an aromatic ring is 1. The summed E-state index contributed by atoms with van der Waals surface area (Å²) >= 11 is 0. The Kier molecular flexibility index (Phi) is 1.73. The van der Waals surface area contributed by atoms with Gasteiger partial charge < -0.3 is 5.84 Å². The van der Waals surface area contributed by atoms with Crippen molar-refractivity contribution in [1.29, 1.82) is 0 Å². The van der Waals surface area contributed by atoms with Gasteiger partial charge in [0.15, 0.2) is 0 Å². The van der Waals surface area contributed by atoms with Crippen LogP contribution in [0.1, 0.15) is 0 Å². The first kappa shape index (κ1) is 7.79. The summed E-state index contributed by atoms with van der Waals surface area (Å²) in [7, 11) is 0. The normalized spacial score (nSPS) is 10.2. The number of aromatic nitrogens is 2. The predicted octanol–water partition coefficient (Wildman–Crippen LogP) is 1.40. The van der Waals surface area contributed by atoms with Crippen LogP contribution in [0, 0.1) is 5.82 Å². The van der Waals surface area contributed by atoms with E-state index in [1.165, 1.54) is 16.9 Å². The zero-order valence-corrected chi connectivity index (χ0v) is 6.81. The van der Waals surface area contributed by atoms with Crippen molar-refractivity contribution in [2.24, 2.45) is 0 Å². The maximum Gasteiger partial charge on any atom is 0.123 e. The van der Waals surface area contributed by atoms with E-state index in [0.29, 0.717) is 5.69 Å². The first-order valence-electron chi connectivity index (χ1n) is 3.82. The molecule has 4 heteroatoms. The molecule has 0 radical (unpaired) electrons. The van der Waals surface area contributed by atoms with Crippen molar-refractivity contribution in [1.82, 2.24) is 9.89 Å². The molecule has 1 aromatic heterocycles. The number of hydrogen-bond donors (Lipinski definition) is 1. The molecule has 0 bridgehead atoms. The van der Waals surface area contributed by atoms with E-state index in [0.717, 1.165) is 5.56 Å². The van der Waals surface area contributed by atoms with Crippen LogP contribution in [0.25, 0.3) is 11.3 Å². The van der Waals surface area contributed by atoms with Crippen LogP contribution in [-0.2, 0) is 0 Å². The summed E-state index contributed by atoms with van der Waals surface area (Å²) in [6.07, 6.45) is 1.61. The highest BCUT2D eigenvalue weighted by atomic mass is 19.1. The molecule has 0 fully saturated rings. The smallest absolute Gasteiger partial charge is 0.123 e. The van der Waals surface area contributed by atoms with Crippen LogP contribution in [0.5, 0.6) is 0 Å². The van der Waals surface area contributed by atoms with Crippen LogP contribution in [0.3, 0.4) is 0 Å². The van der Waals surface area contributed by atoms with Gasteiger partial charge in [-0.15, -0.1) is 0 Å². The highest BCUT2D eigenvalue weighted by molar-refractivity contribution is 5.58. The summed E-state index contributed by atoms with van der Waals surface area (Å²) in [5, 5.41) is 3.95. The summed E-state index contributed by atoms with van der Waals surface area (Å²) in [5.74, 6) is 5.09. The molecule has 0 aliphatic carbocycles. The lowest BCUT2D eigenvalue weighted by molar-refractivity contribution is 0.628. The van der Waals surface area contributed by atoms with Gasteiger partial charge in [0.2, 0.25) is 0 Å². The van der Waals surface area contributed by atoms with Crippen molar-refractivity contribution >= 4 is 0 Å². The quantitative estimate of drug-likeness (QED) is 0.669. The molecule has 1 heterocycles. The minimum absolute atomic E-state index is 0.274. The van der Waals surface area contributed by atoms with Gasteiger partial charge in [-0.1, -0.05) is 12.1 Å². The van der Waals surface area contributed by atoms with Crippen molar-refractivity contribution < 1.29 is 4.39 Å². The van der Waals surface area contributed by atoms with E-state index in [-0.39, 0.29) is 5.82 Å². The second kappa shape index (κ2) is 2.90. The number of nitrogens with zero attached hydrogens (tertiary/aromatic N) is 2. The minimum atomic E-state index is -0.274. The molecule has 0 unspecified atom stereocenters. The third-order valence-electron chi connectivity index (χ3n) is 1.73. The Morgan fingerprint density at radius 3 is 2.77 bits per heavy atom.